The summed E-state index contributed by atoms with van der Waals surface area (Å²) in [5.74, 6) is 0.600. The number of aryl methyl sites for hydroxylation is 1. The minimum absolute atomic E-state index is 0.112. The molecule has 0 radical (unpaired) electrons. The van der Waals surface area contributed by atoms with E-state index in [1.54, 1.807) is 23.3 Å². The molecule has 2 aromatic rings. The summed E-state index contributed by atoms with van der Waals surface area (Å²) in [7, 11) is 0. The largest absolute Gasteiger partial charge is 0.301 e. The van der Waals surface area contributed by atoms with E-state index in [0.29, 0.717) is 12.0 Å². The van der Waals surface area contributed by atoms with Crippen molar-refractivity contribution < 1.29 is 9.18 Å². The zero-order chi connectivity index (χ0) is 20.1. The van der Waals surface area contributed by atoms with Gasteiger partial charge in [-0.15, -0.1) is 0 Å². The Labute approximate surface area is 173 Å². The molecule has 0 N–H and O–H groups in total. The molecule has 1 atom stereocenters. The first-order valence-corrected chi connectivity index (χ1v) is 11.0. The number of carbonyl (C=O) groups is 1. The van der Waals surface area contributed by atoms with Gasteiger partial charge in [0.25, 0.3) is 0 Å². The van der Waals surface area contributed by atoms with E-state index in [2.05, 4.69) is 34.1 Å². The number of hydrogen-bond donors (Lipinski definition) is 0. The van der Waals surface area contributed by atoms with E-state index in [9.17, 15) is 9.18 Å². The molecule has 1 aliphatic heterocycles. The monoisotopic (exact) mass is 394 g/mol. The first kappa shape index (κ1) is 20.2. The van der Waals surface area contributed by atoms with Crippen LogP contribution in [0.1, 0.15) is 40.7 Å². The molecule has 4 heteroatoms. The number of carbonyl (C=O) groups excluding carboxylic acids is 1. The van der Waals surface area contributed by atoms with E-state index in [4.69, 9.17) is 0 Å². The number of hydrogen-bond acceptors (Lipinski definition) is 3. The van der Waals surface area contributed by atoms with E-state index >= 15 is 0 Å². The molecule has 0 amide bonds. The Balaban J connectivity index is 1.15. The summed E-state index contributed by atoms with van der Waals surface area (Å²) in [6.07, 6.45) is 5.16. The highest BCUT2D eigenvalue weighted by atomic mass is 19.1. The third-order valence-corrected chi connectivity index (χ3v) is 6.47. The summed E-state index contributed by atoms with van der Waals surface area (Å²) in [5, 5.41) is 0. The van der Waals surface area contributed by atoms with E-state index < -0.39 is 0 Å². The first-order chi connectivity index (χ1) is 14.2. The van der Waals surface area contributed by atoms with Crippen LogP contribution in [0, 0.1) is 11.7 Å². The Morgan fingerprint density at radius 3 is 2.38 bits per heavy atom. The van der Waals surface area contributed by atoms with Crippen LogP contribution in [0.3, 0.4) is 0 Å². The maximum absolute atomic E-state index is 13.0. The highest BCUT2D eigenvalue weighted by Gasteiger charge is 2.23. The Morgan fingerprint density at radius 1 is 0.931 bits per heavy atom. The molecule has 1 saturated heterocycles. The van der Waals surface area contributed by atoms with Crippen LogP contribution >= 0.6 is 0 Å². The normalized spacial score (nSPS) is 20.4. The molecule has 3 nitrogen and oxygen atoms in total. The van der Waals surface area contributed by atoms with Crippen molar-refractivity contribution >= 4 is 5.78 Å². The molecule has 2 aliphatic rings. The molecule has 1 unspecified atom stereocenters. The Morgan fingerprint density at radius 2 is 1.62 bits per heavy atom. The van der Waals surface area contributed by atoms with Crippen molar-refractivity contribution in [1.29, 1.82) is 0 Å². The molecule has 1 aliphatic carbocycles. The van der Waals surface area contributed by atoms with Gasteiger partial charge in [-0.25, -0.2) is 4.39 Å². The highest BCUT2D eigenvalue weighted by molar-refractivity contribution is 5.95. The van der Waals surface area contributed by atoms with Crippen molar-refractivity contribution in [2.45, 2.75) is 32.1 Å². The lowest BCUT2D eigenvalue weighted by molar-refractivity contribution is 0.0951. The zero-order valence-corrected chi connectivity index (χ0v) is 17.2. The minimum atomic E-state index is -0.295. The molecule has 154 valence electrons. The molecule has 4 rings (SSSR count). The van der Waals surface area contributed by atoms with Crippen LogP contribution in [-0.4, -0.2) is 54.9 Å². The molecule has 0 spiro atoms. The minimum Gasteiger partial charge on any atom is -0.301 e. The summed E-state index contributed by atoms with van der Waals surface area (Å²) < 4.78 is 13.0. The summed E-state index contributed by atoms with van der Waals surface area (Å²) in [4.78, 5) is 17.3. The smallest absolute Gasteiger partial charge is 0.162 e. The number of fused-ring (bicyclic) bond motifs is 1. The third kappa shape index (κ3) is 5.52. The molecular weight excluding hydrogens is 363 g/mol. The summed E-state index contributed by atoms with van der Waals surface area (Å²) in [5.41, 5.74) is 3.71. The van der Waals surface area contributed by atoms with Crippen LogP contribution in [-0.2, 0) is 12.8 Å². The number of benzene rings is 2. The predicted molar refractivity (Wildman–Crippen MR) is 115 cm³/mol. The first-order valence-electron chi connectivity index (χ1n) is 11.0. The fourth-order valence-corrected chi connectivity index (χ4v) is 4.73. The Bertz CT molecular complexity index is 812. The fourth-order valence-electron chi connectivity index (χ4n) is 4.73. The fraction of sp³-hybridized carbons (Fsp3) is 0.480. The van der Waals surface area contributed by atoms with E-state index in [0.717, 1.165) is 45.1 Å². The van der Waals surface area contributed by atoms with E-state index in [1.807, 2.05) is 0 Å². The van der Waals surface area contributed by atoms with Crippen LogP contribution in [0.5, 0.6) is 0 Å². The maximum Gasteiger partial charge on any atom is 0.162 e. The molecule has 1 heterocycles. The Hall–Kier alpha value is -2.04. The highest BCUT2D eigenvalue weighted by Crippen LogP contribution is 2.26. The quantitative estimate of drug-likeness (QED) is 0.657. The summed E-state index contributed by atoms with van der Waals surface area (Å²) in [6, 6.07) is 14.8. The second-order valence-electron chi connectivity index (χ2n) is 8.55. The number of piperazine rings is 1. The van der Waals surface area contributed by atoms with Crippen molar-refractivity contribution in [3.8, 4) is 0 Å². The van der Waals surface area contributed by atoms with Gasteiger partial charge in [0.2, 0.25) is 0 Å². The van der Waals surface area contributed by atoms with Gasteiger partial charge in [-0.05, 0) is 73.5 Å². The van der Waals surface area contributed by atoms with Gasteiger partial charge in [-0.2, -0.15) is 0 Å². The average molecular weight is 395 g/mol. The second kappa shape index (κ2) is 9.64. The van der Waals surface area contributed by atoms with E-state index in [-0.39, 0.29) is 11.6 Å². The van der Waals surface area contributed by atoms with E-state index in [1.165, 1.54) is 37.9 Å². The van der Waals surface area contributed by atoms with Gasteiger partial charge in [-0.3, -0.25) is 4.79 Å². The van der Waals surface area contributed by atoms with Crippen LogP contribution in [0.2, 0.25) is 0 Å². The molecule has 0 saturated carbocycles. The van der Waals surface area contributed by atoms with Gasteiger partial charge < -0.3 is 9.80 Å². The van der Waals surface area contributed by atoms with Crippen LogP contribution in [0.15, 0.2) is 48.5 Å². The molecule has 0 bridgehead atoms. The zero-order valence-electron chi connectivity index (χ0n) is 17.2. The molecule has 29 heavy (non-hydrogen) atoms. The lowest BCUT2D eigenvalue weighted by Gasteiger charge is -2.37. The molecule has 2 aromatic carbocycles. The number of rotatable bonds is 7. The number of nitrogens with zero attached hydrogens (tertiary/aromatic N) is 2. The topological polar surface area (TPSA) is 23.6 Å². The van der Waals surface area contributed by atoms with Crippen LogP contribution in [0.4, 0.5) is 4.39 Å². The number of halogens is 1. The molecule has 1 fully saturated rings. The third-order valence-electron chi connectivity index (χ3n) is 6.47. The van der Waals surface area contributed by atoms with Gasteiger partial charge in [0.1, 0.15) is 5.82 Å². The van der Waals surface area contributed by atoms with Crippen molar-refractivity contribution in [2.24, 2.45) is 5.92 Å². The van der Waals surface area contributed by atoms with Gasteiger partial charge in [0.15, 0.2) is 5.78 Å². The lowest BCUT2D eigenvalue weighted by Crippen LogP contribution is -2.48. The number of Topliss-reactive ketones (excluding diaryl/α,β-unsaturated/α-hetero) is 1. The maximum atomic E-state index is 13.0. The van der Waals surface area contributed by atoms with Crippen molar-refractivity contribution in [2.75, 3.05) is 39.3 Å². The predicted octanol–water partition coefficient (Wildman–Crippen LogP) is 4.21. The second-order valence-corrected chi connectivity index (χ2v) is 8.55. The van der Waals surface area contributed by atoms with Crippen LogP contribution < -0.4 is 0 Å². The van der Waals surface area contributed by atoms with Crippen molar-refractivity contribution in [3.05, 3.63) is 71.0 Å². The average Bonchev–Trinajstić information content (AvgIpc) is 2.75. The van der Waals surface area contributed by atoms with Crippen molar-refractivity contribution in [3.63, 3.8) is 0 Å². The SMILES string of the molecule is O=C(CCCN1CCN(CC2CCc3ccccc3C2)CC1)c1ccc(F)cc1. The Kier molecular flexibility index (Phi) is 6.73. The van der Waals surface area contributed by atoms with Crippen LogP contribution in [0.25, 0.3) is 0 Å². The molecular formula is C25H31FN2O. The van der Waals surface area contributed by atoms with Gasteiger partial charge in [-0.1, -0.05) is 24.3 Å². The van der Waals surface area contributed by atoms with Gasteiger partial charge in [0, 0.05) is 44.7 Å². The standard InChI is InChI=1S/C25H31FN2O/c26-24-11-9-22(10-12-24)25(29)6-3-13-27-14-16-28(17-15-27)19-20-7-8-21-4-1-2-5-23(21)18-20/h1-2,4-5,9-12,20H,3,6-8,13-19H2. The van der Waals surface area contributed by atoms with Crippen molar-refractivity contribution in [1.82, 2.24) is 9.80 Å². The summed E-state index contributed by atoms with van der Waals surface area (Å²) >= 11 is 0. The van der Waals surface area contributed by atoms with Gasteiger partial charge >= 0.3 is 0 Å². The van der Waals surface area contributed by atoms with Gasteiger partial charge in [0.05, 0.1) is 0 Å². The molecule has 0 aromatic heterocycles. The lowest BCUT2D eigenvalue weighted by atomic mass is 9.83. The number of ketones is 1. The summed E-state index contributed by atoms with van der Waals surface area (Å²) in [6.45, 7) is 6.62.